The summed E-state index contributed by atoms with van der Waals surface area (Å²) in [5.74, 6) is 0.953. The highest BCUT2D eigenvalue weighted by atomic mass is 15.1. The number of benzene rings is 1. The largest absolute Gasteiger partial charge is 0.368 e. The number of para-hydroxylation sites is 1. The second-order valence-corrected chi connectivity index (χ2v) is 3.81. The maximum absolute atomic E-state index is 5.70. The van der Waals surface area contributed by atoms with E-state index in [1.165, 1.54) is 0 Å². The number of nitrogens with zero attached hydrogens (tertiary/aromatic N) is 3. The van der Waals surface area contributed by atoms with E-state index in [2.05, 4.69) is 20.3 Å². The fraction of sp³-hybridized carbons (Fsp3) is 0. The topological polar surface area (TPSA) is 76.7 Å². The minimum atomic E-state index is 0.255. The number of aromatic nitrogens is 3. The van der Waals surface area contributed by atoms with Gasteiger partial charge < -0.3 is 11.1 Å². The van der Waals surface area contributed by atoms with Gasteiger partial charge in [-0.2, -0.15) is 4.98 Å². The molecule has 0 saturated heterocycles. The van der Waals surface area contributed by atoms with Crippen molar-refractivity contribution < 1.29 is 0 Å². The van der Waals surface area contributed by atoms with Crippen LogP contribution in [-0.4, -0.2) is 15.0 Å². The van der Waals surface area contributed by atoms with Crippen LogP contribution in [0.15, 0.2) is 48.8 Å². The number of fused-ring (bicyclic) bond motifs is 1. The van der Waals surface area contributed by atoms with Gasteiger partial charge in [-0.25, -0.2) is 4.98 Å². The minimum absolute atomic E-state index is 0.255. The van der Waals surface area contributed by atoms with Crippen LogP contribution in [0.2, 0.25) is 0 Å². The second-order valence-electron chi connectivity index (χ2n) is 3.81. The molecule has 0 atom stereocenters. The van der Waals surface area contributed by atoms with E-state index < -0.39 is 0 Å². The Morgan fingerprint density at radius 2 is 1.72 bits per heavy atom. The van der Waals surface area contributed by atoms with Gasteiger partial charge in [-0.1, -0.05) is 12.1 Å². The first-order chi connectivity index (χ1) is 8.83. The summed E-state index contributed by atoms with van der Waals surface area (Å²) in [6.45, 7) is 0. The molecule has 2 heterocycles. The monoisotopic (exact) mass is 237 g/mol. The Kier molecular flexibility index (Phi) is 2.49. The van der Waals surface area contributed by atoms with E-state index in [9.17, 15) is 0 Å². The van der Waals surface area contributed by atoms with Gasteiger partial charge in [-0.05, 0) is 24.3 Å². The smallest absolute Gasteiger partial charge is 0.222 e. The Labute approximate surface area is 104 Å². The molecule has 0 amide bonds. The van der Waals surface area contributed by atoms with Crippen LogP contribution in [0.1, 0.15) is 0 Å². The molecule has 0 aliphatic rings. The van der Waals surface area contributed by atoms with Crippen LogP contribution < -0.4 is 11.1 Å². The molecule has 0 aliphatic carbocycles. The van der Waals surface area contributed by atoms with Gasteiger partial charge in [0.1, 0.15) is 5.82 Å². The van der Waals surface area contributed by atoms with Gasteiger partial charge in [0, 0.05) is 23.5 Å². The molecule has 0 radical (unpaired) electrons. The van der Waals surface area contributed by atoms with E-state index >= 15 is 0 Å². The summed E-state index contributed by atoms with van der Waals surface area (Å²) in [5, 5.41) is 4.15. The first kappa shape index (κ1) is 10.5. The van der Waals surface area contributed by atoms with Crippen LogP contribution >= 0.6 is 0 Å². The summed E-state index contributed by atoms with van der Waals surface area (Å²) in [6.07, 6.45) is 3.43. The van der Waals surface area contributed by atoms with Crippen molar-refractivity contribution in [3.8, 4) is 0 Å². The number of rotatable bonds is 2. The molecule has 0 bridgehead atoms. The summed E-state index contributed by atoms with van der Waals surface area (Å²) in [7, 11) is 0. The third-order valence-electron chi connectivity index (χ3n) is 2.56. The van der Waals surface area contributed by atoms with Gasteiger partial charge in [-0.3, -0.25) is 4.98 Å². The zero-order valence-corrected chi connectivity index (χ0v) is 9.54. The molecule has 0 spiro atoms. The minimum Gasteiger partial charge on any atom is -0.368 e. The third kappa shape index (κ3) is 1.93. The van der Waals surface area contributed by atoms with E-state index in [1.807, 2.05) is 36.4 Å². The third-order valence-corrected chi connectivity index (χ3v) is 2.56. The lowest BCUT2D eigenvalue weighted by Crippen LogP contribution is -2.01. The average molecular weight is 237 g/mol. The molecule has 0 unspecified atom stereocenters. The molecular weight excluding hydrogens is 226 g/mol. The van der Waals surface area contributed by atoms with Crippen molar-refractivity contribution in [3.63, 3.8) is 0 Å². The van der Waals surface area contributed by atoms with E-state index in [0.717, 1.165) is 16.6 Å². The van der Waals surface area contributed by atoms with Crippen LogP contribution in [0.3, 0.4) is 0 Å². The molecule has 3 aromatic rings. The fourth-order valence-electron chi connectivity index (χ4n) is 1.76. The predicted octanol–water partition coefficient (Wildman–Crippen LogP) is 2.35. The predicted molar refractivity (Wildman–Crippen MR) is 71.5 cm³/mol. The highest BCUT2D eigenvalue weighted by Gasteiger charge is 2.05. The van der Waals surface area contributed by atoms with Crippen molar-refractivity contribution >= 4 is 28.4 Å². The number of nitrogen functional groups attached to an aromatic ring is 1. The van der Waals surface area contributed by atoms with E-state index in [-0.39, 0.29) is 5.95 Å². The van der Waals surface area contributed by atoms with Crippen LogP contribution in [0.4, 0.5) is 17.5 Å². The Morgan fingerprint density at radius 3 is 2.56 bits per heavy atom. The molecule has 18 heavy (non-hydrogen) atoms. The first-order valence-corrected chi connectivity index (χ1v) is 5.52. The van der Waals surface area contributed by atoms with Gasteiger partial charge in [0.2, 0.25) is 5.95 Å². The van der Waals surface area contributed by atoms with Crippen LogP contribution in [0.25, 0.3) is 10.9 Å². The zero-order chi connectivity index (χ0) is 12.4. The molecule has 0 saturated carbocycles. The molecule has 1 aromatic carbocycles. The number of hydrogen-bond donors (Lipinski definition) is 2. The summed E-state index contributed by atoms with van der Waals surface area (Å²) in [4.78, 5) is 12.4. The Balaban J connectivity index is 2.11. The quantitative estimate of drug-likeness (QED) is 0.715. The van der Waals surface area contributed by atoms with Gasteiger partial charge in [0.25, 0.3) is 0 Å². The summed E-state index contributed by atoms with van der Waals surface area (Å²) < 4.78 is 0. The molecule has 3 rings (SSSR count). The van der Waals surface area contributed by atoms with Crippen LogP contribution in [-0.2, 0) is 0 Å². The lowest BCUT2D eigenvalue weighted by molar-refractivity contribution is 1.23. The van der Waals surface area contributed by atoms with E-state index in [4.69, 9.17) is 5.73 Å². The van der Waals surface area contributed by atoms with Crippen molar-refractivity contribution in [2.75, 3.05) is 11.1 Å². The van der Waals surface area contributed by atoms with Gasteiger partial charge in [0.05, 0.1) is 5.52 Å². The maximum Gasteiger partial charge on any atom is 0.222 e. The summed E-state index contributed by atoms with van der Waals surface area (Å²) in [6, 6.07) is 11.5. The highest BCUT2D eigenvalue weighted by molar-refractivity contribution is 5.91. The number of anilines is 3. The van der Waals surface area contributed by atoms with Gasteiger partial charge in [0.15, 0.2) is 0 Å². The van der Waals surface area contributed by atoms with Crippen molar-refractivity contribution in [1.82, 2.24) is 15.0 Å². The molecule has 2 aromatic heterocycles. The Bertz CT molecular complexity index is 681. The van der Waals surface area contributed by atoms with Crippen molar-refractivity contribution in [3.05, 3.63) is 48.8 Å². The normalized spacial score (nSPS) is 10.4. The van der Waals surface area contributed by atoms with Crippen molar-refractivity contribution in [2.24, 2.45) is 0 Å². The lowest BCUT2D eigenvalue weighted by Gasteiger charge is -2.08. The number of nitrogens with one attached hydrogen (secondary N) is 1. The number of hydrogen-bond acceptors (Lipinski definition) is 5. The van der Waals surface area contributed by atoms with Gasteiger partial charge >= 0.3 is 0 Å². The lowest BCUT2D eigenvalue weighted by atomic mass is 10.2. The van der Waals surface area contributed by atoms with Crippen molar-refractivity contribution in [2.45, 2.75) is 0 Å². The summed E-state index contributed by atoms with van der Waals surface area (Å²) >= 11 is 0. The molecule has 88 valence electrons. The standard InChI is InChI=1S/C13H11N5/c14-13-17-11-4-2-1-3-10(11)12(18-13)16-9-5-7-15-8-6-9/h1-8H,(H3,14,15,16,17,18). The van der Waals surface area contributed by atoms with Crippen molar-refractivity contribution in [1.29, 1.82) is 0 Å². The van der Waals surface area contributed by atoms with E-state index in [1.54, 1.807) is 12.4 Å². The van der Waals surface area contributed by atoms with Gasteiger partial charge in [-0.15, -0.1) is 0 Å². The first-order valence-electron chi connectivity index (χ1n) is 5.52. The molecule has 5 nitrogen and oxygen atoms in total. The molecule has 3 N–H and O–H groups in total. The number of pyridine rings is 1. The molecule has 0 fully saturated rings. The van der Waals surface area contributed by atoms with E-state index in [0.29, 0.717) is 5.82 Å². The zero-order valence-electron chi connectivity index (χ0n) is 9.54. The maximum atomic E-state index is 5.70. The van der Waals surface area contributed by atoms with Crippen LogP contribution in [0.5, 0.6) is 0 Å². The number of nitrogens with two attached hydrogens (primary N) is 1. The highest BCUT2D eigenvalue weighted by Crippen LogP contribution is 2.23. The summed E-state index contributed by atoms with van der Waals surface area (Å²) in [5.41, 5.74) is 7.44. The average Bonchev–Trinajstić information content (AvgIpc) is 2.40. The fourth-order valence-corrected chi connectivity index (χ4v) is 1.76. The molecule has 5 heteroatoms. The molecular formula is C13H11N5. The molecule has 0 aliphatic heterocycles. The SMILES string of the molecule is Nc1nc(Nc2ccncc2)c2ccccc2n1. The Hall–Kier alpha value is -2.69. The Morgan fingerprint density at radius 1 is 0.944 bits per heavy atom. The second kappa shape index (κ2) is 4.29. The van der Waals surface area contributed by atoms with Crippen LogP contribution in [0, 0.1) is 0 Å².